The topological polar surface area (TPSA) is 59.3 Å². The number of carbonyl (C=O) groups is 1. The first-order chi connectivity index (χ1) is 11.4. The van der Waals surface area contributed by atoms with Gasteiger partial charge < -0.3 is 5.32 Å². The monoisotopic (exact) mass is 342 g/mol. The second-order valence-corrected chi connectivity index (χ2v) is 6.44. The maximum Gasteiger partial charge on any atom is 0.270 e. The van der Waals surface area contributed by atoms with E-state index in [1.54, 1.807) is 10.6 Å². The van der Waals surface area contributed by atoms with E-state index in [9.17, 15) is 4.79 Å². The zero-order valence-electron chi connectivity index (χ0n) is 13.9. The number of benzene rings is 1. The van der Waals surface area contributed by atoms with Crippen molar-refractivity contribution in [3.8, 4) is 0 Å². The number of amides is 1. The second-order valence-electron chi connectivity index (χ2n) is 6.00. The average Bonchev–Trinajstić information content (AvgIpc) is 2.91. The van der Waals surface area contributed by atoms with Crippen molar-refractivity contribution in [2.24, 2.45) is 0 Å². The van der Waals surface area contributed by atoms with Gasteiger partial charge in [0, 0.05) is 23.3 Å². The van der Waals surface area contributed by atoms with Gasteiger partial charge >= 0.3 is 0 Å². The van der Waals surface area contributed by atoms with Gasteiger partial charge in [0.2, 0.25) is 0 Å². The van der Waals surface area contributed by atoms with Crippen molar-refractivity contribution in [3.63, 3.8) is 0 Å². The smallest absolute Gasteiger partial charge is 0.270 e. The number of nitrogens with one attached hydrogen (secondary N) is 1. The molecule has 1 atom stereocenters. The van der Waals surface area contributed by atoms with Gasteiger partial charge in [-0.3, -0.25) is 4.79 Å². The van der Waals surface area contributed by atoms with Crippen LogP contribution in [0.4, 0.5) is 0 Å². The van der Waals surface area contributed by atoms with E-state index in [1.807, 2.05) is 44.2 Å². The summed E-state index contributed by atoms with van der Waals surface area (Å²) < 4.78 is 1.59. The molecule has 3 rings (SSSR count). The van der Waals surface area contributed by atoms with E-state index in [4.69, 9.17) is 11.6 Å². The van der Waals surface area contributed by atoms with E-state index in [2.05, 4.69) is 22.3 Å². The summed E-state index contributed by atoms with van der Waals surface area (Å²) in [7, 11) is 0. The molecule has 0 fully saturated rings. The van der Waals surface area contributed by atoms with Crippen LogP contribution in [0.2, 0.25) is 5.02 Å². The summed E-state index contributed by atoms with van der Waals surface area (Å²) in [6.45, 7) is 6.32. The predicted octanol–water partition coefficient (Wildman–Crippen LogP) is 3.53. The van der Waals surface area contributed by atoms with Crippen molar-refractivity contribution in [1.82, 2.24) is 19.9 Å². The molecule has 2 aromatic heterocycles. The minimum Gasteiger partial charge on any atom is -0.350 e. The van der Waals surface area contributed by atoms with Gasteiger partial charge in [-0.05, 0) is 43.5 Å². The molecule has 0 aliphatic heterocycles. The Morgan fingerprint density at radius 2 is 2.04 bits per heavy atom. The molecule has 0 radical (unpaired) electrons. The zero-order chi connectivity index (χ0) is 17.3. The first-order valence-electron chi connectivity index (χ1n) is 7.82. The molecule has 2 heterocycles. The van der Waals surface area contributed by atoms with E-state index in [1.165, 1.54) is 0 Å². The number of nitrogens with zero attached hydrogens (tertiary/aromatic N) is 3. The number of hydrogen-bond acceptors (Lipinski definition) is 3. The van der Waals surface area contributed by atoms with Gasteiger partial charge in [0.05, 0.1) is 5.69 Å². The Labute approximate surface area is 145 Å². The summed E-state index contributed by atoms with van der Waals surface area (Å²) >= 11 is 6.03. The normalized spacial score (nSPS) is 12.3. The fourth-order valence-corrected chi connectivity index (χ4v) is 2.84. The molecule has 5 nitrogen and oxygen atoms in total. The fourth-order valence-electron chi connectivity index (χ4n) is 2.64. The average molecular weight is 343 g/mol. The Hall–Kier alpha value is -2.40. The number of aromatic nitrogens is 3. The molecule has 0 saturated heterocycles. The summed E-state index contributed by atoms with van der Waals surface area (Å²) in [5.41, 5.74) is 3.88. The van der Waals surface area contributed by atoms with E-state index >= 15 is 0 Å². The Kier molecular flexibility index (Phi) is 4.53. The molecule has 24 heavy (non-hydrogen) atoms. The lowest BCUT2D eigenvalue weighted by molar-refractivity contribution is 0.0944. The van der Waals surface area contributed by atoms with E-state index in [-0.39, 0.29) is 11.8 Å². The molecule has 124 valence electrons. The van der Waals surface area contributed by atoms with Gasteiger partial charge in [-0.1, -0.05) is 30.7 Å². The van der Waals surface area contributed by atoms with Crippen molar-refractivity contribution in [2.75, 3.05) is 6.54 Å². The minimum atomic E-state index is -0.164. The van der Waals surface area contributed by atoms with Gasteiger partial charge in [-0.25, -0.2) is 9.50 Å². The highest BCUT2D eigenvalue weighted by atomic mass is 35.5. The number of halogens is 1. The van der Waals surface area contributed by atoms with Crippen molar-refractivity contribution in [3.05, 3.63) is 64.1 Å². The van der Waals surface area contributed by atoms with Gasteiger partial charge in [-0.2, -0.15) is 5.10 Å². The first-order valence-corrected chi connectivity index (χ1v) is 8.19. The summed E-state index contributed by atoms with van der Waals surface area (Å²) in [5.74, 6) is -0.00656. The third kappa shape index (κ3) is 3.41. The highest BCUT2D eigenvalue weighted by Gasteiger charge is 2.15. The Morgan fingerprint density at radius 1 is 1.25 bits per heavy atom. The van der Waals surface area contributed by atoms with Crippen LogP contribution >= 0.6 is 11.6 Å². The fraction of sp³-hybridized carbons (Fsp3) is 0.278. The van der Waals surface area contributed by atoms with Gasteiger partial charge in [0.15, 0.2) is 5.65 Å². The Bertz CT molecular complexity index is 903. The third-order valence-corrected chi connectivity index (χ3v) is 4.13. The number of hydrogen-bond donors (Lipinski definition) is 1. The molecule has 0 bridgehead atoms. The Balaban J connectivity index is 1.78. The maximum atomic E-state index is 12.6. The van der Waals surface area contributed by atoms with Crippen molar-refractivity contribution in [1.29, 1.82) is 0 Å². The van der Waals surface area contributed by atoms with Crippen LogP contribution in [-0.4, -0.2) is 27.0 Å². The first kappa shape index (κ1) is 16.5. The molecule has 0 aliphatic rings. The third-order valence-electron chi connectivity index (χ3n) is 3.90. The largest absolute Gasteiger partial charge is 0.350 e. The Morgan fingerprint density at radius 3 is 2.79 bits per heavy atom. The number of aryl methyl sites for hydroxylation is 2. The van der Waals surface area contributed by atoms with Crippen molar-refractivity contribution >= 4 is 23.2 Å². The van der Waals surface area contributed by atoms with Crippen LogP contribution in [0.15, 0.2) is 36.4 Å². The van der Waals surface area contributed by atoms with Crippen LogP contribution < -0.4 is 5.32 Å². The summed E-state index contributed by atoms with van der Waals surface area (Å²) in [4.78, 5) is 17.0. The van der Waals surface area contributed by atoms with Gasteiger partial charge in [-0.15, -0.1) is 0 Å². The number of fused-ring (bicyclic) bond motifs is 1. The van der Waals surface area contributed by atoms with Gasteiger partial charge in [0.1, 0.15) is 5.69 Å². The van der Waals surface area contributed by atoms with E-state index in [0.717, 1.165) is 17.0 Å². The van der Waals surface area contributed by atoms with Crippen LogP contribution in [-0.2, 0) is 0 Å². The molecular weight excluding hydrogens is 324 g/mol. The van der Waals surface area contributed by atoms with Crippen LogP contribution in [0.1, 0.15) is 40.3 Å². The molecule has 1 aromatic carbocycles. The second kappa shape index (κ2) is 6.61. The van der Waals surface area contributed by atoms with Crippen LogP contribution in [0.5, 0.6) is 0 Å². The zero-order valence-corrected chi connectivity index (χ0v) is 14.6. The highest BCUT2D eigenvalue weighted by molar-refractivity contribution is 6.30. The molecular formula is C18H19ClN4O. The van der Waals surface area contributed by atoms with Crippen molar-refractivity contribution < 1.29 is 4.79 Å². The summed E-state index contributed by atoms with van der Waals surface area (Å²) in [6, 6.07) is 11.3. The minimum absolute atomic E-state index is 0.158. The lowest BCUT2D eigenvalue weighted by Crippen LogP contribution is -2.29. The van der Waals surface area contributed by atoms with Crippen LogP contribution in [0.3, 0.4) is 0 Å². The van der Waals surface area contributed by atoms with E-state index < -0.39 is 0 Å². The predicted molar refractivity (Wildman–Crippen MR) is 94.7 cm³/mol. The maximum absolute atomic E-state index is 12.6. The molecule has 6 heteroatoms. The lowest BCUT2D eigenvalue weighted by atomic mass is 10.0. The quantitative estimate of drug-likeness (QED) is 0.789. The van der Waals surface area contributed by atoms with Crippen LogP contribution in [0, 0.1) is 13.8 Å². The molecule has 0 aliphatic carbocycles. The van der Waals surface area contributed by atoms with E-state index in [0.29, 0.717) is 22.9 Å². The molecule has 0 spiro atoms. The number of carbonyl (C=O) groups excluding carboxylic acids is 1. The molecule has 1 N–H and O–H groups in total. The summed E-state index contributed by atoms with van der Waals surface area (Å²) in [6.07, 6.45) is 0. The lowest BCUT2D eigenvalue weighted by Gasteiger charge is -2.14. The summed E-state index contributed by atoms with van der Waals surface area (Å²) in [5, 5.41) is 8.02. The SMILES string of the molecule is Cc1cc(C(=O)NCC(C)c2cccc(Cl)c2)n2nc(C)cc2n1. The van der Waals surface area contributed by atoms with Crippen LogP contribution in [0.25, 0.3) is 5.65 Å². The van der Waals surface area contributed by atoms with Gasteiger partial charge in [0.25, 0.3) is 5.91 Å². The standard InChI is InChI=1S/C18H19ClN4O/c1-11(14-5-4-6-15(19)9-14)10-20-18(24)16-7-12(2)21-17-8-13(3)22-23(16)17/h4-9,11H,10H2,1-3H3,(H,20,24). The molecule has 1 amide bonds. The number of rotatable bonds is 4. The molecule has 0 saturated carbocycles. The molecule has 1 unspecified atom stereocenters. The van der Waals surface area contributed by atoms with Crippen molar-refractivity contribution in [2.45, 2.75) is 26.7 Å². The highest BCUT2D eigenvalue weighted by Crippen LogP contribution is 2.19. The molecule has 3 aromatic rings.